The van der Waals surface area contributed by atoms with E-state index >= 15 is 0 Å². The molecule has 1 aliphatic carbocycles. The fraction of sp³-hybridized carbons (Fsp3) is 0. The number of hydrogen-bond acceptors (Lipinski definition) is 4. The minimum atomic E-state index is -0.0508. The van der Waals surface area contributed by atoms with Crippen molar-refractivity contribution in [3.05, 3.63) is 63.1 Å². The molecule has 0 aromatic heterocycles. The molecule has 0 atom stereocenters. The molecule has 6 heteroatoms. The first-order valence-corrected chi connectivity index (χ1v) is 6.27. The number of benzene rings is 2. The van der Waals surface area contributed by atoms with Gasteiger partial charge in [0.15, 0.2) is 9.95 Å². The number of allylic oxidation sites excluding steroid dienone is 1. The highest BCUT2D eigenvalue weighted by atomic mass is 14.8. The quantitative estimate of drug-likeness (QED) is 0.447. The van der Waals surface area contributed by atoms with E-state index in [1.807, 2.05) is 12.1 Å². The number of nitriles is 2. The molecule has 0 amide bonds. The lowest BCUT2D eigenvalue weighted by molar-refractivity contribution is 1.45. The van der Waals surface area contributed by atoms with Crippen molar-refractivity contribution in [1.29, 1.82) is 21.3 Å². The summed E-state index contributed by atoms with van der Waals surface area (Å²) in [7, 11) is 0. The summed E-state index contributed by atoms with van der Waals surface area (Å²) in [6.07, 6.45) is 0. The van der Waals surface area contributed by atoms with Gasteiger partial charge in [-0.25, -0.2) is 0 Å². The Hall–Kier alpha value is -4.00. The van der Waals surface area contributed by atoms with Crippen molar-refractivity contribution in [2.75, 3.05) is 0 Å². The van der Waals surface area contributed by atoms with Gasteiger partial charge in [0.25, 0.3) is 0 Å². The normalized spacial score (nSPS) is 10.5. The zero-order valence-electron chi connectivity index (χ0n) is 11.1. The molecule has 0 aliphatic heterocycles. The Morgan fingerprint density at radius 2 is 1.18 bits per heavy atom. The second-order valence-electron chi connectivity index (χ2n) is 4.63. The molecule has 22 heavy (non-hydrogen) atoms. The second kappa shape index (κ2) is 4.84. The van der Waals surface area contributed by atoms with Gasteiger partial charge in [0.05, 0.1) is 0 Å². The summed E-state index contributed by atoms with van der Waals surface area (Å²) in [6, 6.07) is 13.8. The summed E-state index contributed by atoms with van der Waals surface area (Å²) in [6.45, 7) is 0. The van der Waals surface area contributed by atoms with E-state index in [9.17, 15) is 10.5 Å². The van der Waals surface area contributed by atoms with E-state index < -0.39 is 0 Å². The summed E-state index contributed by atoms with van der Waals surface area (Å²) >= 11 is 0. The lowest BCUT2D eigenvalue weighted by Gasteiger charge is -1.99. The summed E-state index contributed by atoms with van der Waals surface area (Å²) in [5.41, 5.74) is 3.97. The largest absolute Gasteiger partial charge is 0.385 e. The Morgan fingerprint density at radius 1 is 0.727 bits per heavy atom. The van der Waals surface area contributed by atoms with Gasteiger partial charge in [-0.05, 0) is 23.3 Å². The molecule has 6 nitrogen and oxygen atoms in total. The van der Waals surface area contributed by atoms with Crippen molar-refractivity contribution >= 4 is 16.9 Å². The third-order valence-electron chi connectivity index (χ3n) is 3.54. The van der Waals surface area contributed by atoms with Crippen molar-refractivity contribution < 1.29 is 0 Å². The average Bonchev–Trinajstić information content (AvgIpc) is 2.89. The Morgan fingerprint density at radius 3 is 1.55 bits per heavy atom. The van der Waals surface area contributed by atoms with Crippen molar-refractivity contribution in [3.8, 4) is 23.3 Å². The molecule has 0 radical (unpaired) electrons. The molecule has 2 aromatic rings. The molecular formula is C16H6N6+2. The van der Waals surface area contributed by atoms with Crippen LogP contribution in [0, 0.1) is 33.4 Å². The van der Waals surface area contributed by atoms with Gasteiger partial charge in [-0.1, -0.05) is 0 Å². The Labute approximate surface area is 125 Å². The molecule has 0 spiro atoms. The van der Waals surface area contributed by atoms with Crippen molar-refractivity contribution in [2.45, 2.75) is 0 Å². The highest BCUT2D eigenvalue weighted by molar-refractivity contribution is 6.05. The summed E-state index contributed by atoms with van der Waals surface area (Å²) < 4.78 is 0. The van der Waals surface area contributed by atoms with Crippen LogP contribution in [-0.2, 0) is 0 Å². The van der Waals surface area contributed by atoms with Crippen LogP contribution in [0.5, 0.6) is 0 Å². The van der Waals surface area contributed by atoms with E-state index in [1.165, 1.54) is 0 Å². The van der Waals surface area contributed by atoms with Crippen molar-refractivity contribution in [1.82, 2.24) is 0 Å². The Kier molecular flexibility index (Phi) is 2.86. The van der Waals surface area contributed by atoms with Crippen LogP contribution in [0.4, 0.5) is 11.4 Å². The fourth-order valence-corrected chi connectivity index (χ4v) is 2.62. The van der Waals surface area contributed by atoms with Crippen LogP contribution in [0.2, 0.25) is 0 Å². The van der Waals surface area contributed by atoms with Crippen LogP contribution < -0.4 is 0 Å². The molecule has 98 valence electrons. The number of diazo groups is 2. The van der Waals surface area contributed by atoms with E-state index in [0.29, 0.717) is 28.1 Å². The monoisotopic (exact) mass is 282 g/mol. The topological polar surface area (TPSA) is 104 Å². The van der Waals surface area contributed by atoms with E-state index in [-0.39, 0.29) is 5.57 Å². The average molecular weight is 282 g/mol. The van der Waals surface area contributed by atoms with Crippen LogP contribution in [-0.4, -0.2) is 0 Å². The molecule has 0 unspecified atom stereocenters. The number of nitrogens with zero attached hydrogens (tertiary/aromatic N) is 6. The molecule has 0 saturated heterocycles. The minimum absolute atomic E-state index is 0.0508. The lowest BCUT2D eigenvalue weighted by Crippen LogP contribution is -1.87. The summed E-state index contributed by atoms with van der Waals surface area (Å²) in [4.78, 5) is 6.29. The molecule has 0 heterocycles. The van der Waals surface area contributed by atoms with Crippen LogP contribution in [0.25, 0.3) is 26.7 Å². The van der Waals surface area contributed by atoms with Gasteiger partial charge in [-0.2, -0.15) is 10.5 Å². The fourth-order valence-electron chi connectivity index (χ4n) is 2.62. The first-order valence-electron chi connectivity index (χ1n) is 6.27. The van der Waals surface area contributed by atoms with Gasteiger partial charge in [0, 0.05) is 41.0 Å². The SMILES string of the molecule is N#CC(C#N)=C1c2cc([N+]#N)ccc2-c2ccc([N+]#N)cc21. The maximum atomic E-state index is 9.21. The standard InChI is InChI=1S/C16H6N6/c17-7-9(8-18)16-14-5-10(21-19)1-3-12(14)13-4-2-11(22-20)6-15(13)16/h1-6H/q+2. The Bertz CT molecular complexity index is 937. The summed E-state index contributed by atoms with van der Waals surface area (Å²) in [5.74, 6) is 0. The van der Waals surface area contributed by atoms with E-state index in [4.69, 9.17) is 10.8 Å². The molecule has 2 aromatic carbocycles. The minimum Gasteiger partial charge on any atom is -0.192 e. The van der Waals surface area contributed by atoms with Gasteiger partial charge in [-0.3, -0.25) is 0 Å². The van der Waals surface area contributed by atoms with Gasteiger partial charge in [-0.15, -0.1) is 0 Å². The highest BCUT2D eigenvalue weighted by Crippen LogP contribution is 2.47. The van der Waals surface area contributed by atoms with Crippen LogP contribution in [0.3, 0.4) is 0 Å². The van der Waals surface area contributed by atoms with Crippen LogP contribution >= 0.6 is 0 Å². The highest BCUT2D eigenvalue weighted by Gasteiger charge is 2.30. The molecule has 1 aliphatic rings. The predicted octanol–water partition coefficient (Wildman–Crippen LogP) is 4.49. The third-order valence-corrected chi connectivity index (χ3v) is 3.54. The van der Waals surface area contributed by atoms with Crippen molar-refractivity contribution in [3.63, 3.8) is 0 Å². The smallest absolute Gasteiger partial charge is 0.192 e. The van der Waals surface area contributed by atoms with Gasteiger partial charge in [0.1, 0.15) is 17.7 Å². The van der Waals surface area contributed by atoms with Crippen LogP contribution in [0.15, 0.2) is 42.0 Å². The second-order valence-corrected chi connectivity index (χ2v) is 4.63. The van der Waals surface area contributed by atoms with Gasteiger partial charge < -0.3 is 0 Å². The predicted molar refractivity (Wildman–Crippen MR) is 78.6 cm³/mol. The molecule has 0 N–H and O–H groups in total. The van der Waals surface area contributed by atoms with E-state index in [1.54, 1.807) is 36.4 Å². The maximum absolute atomic E-state index is 9.21. The maximum Gasteiger partial charge on any atom is 0.385 e. The zero-order valence-corrected chi connectivity index (χ0v) is 11.1. The Balaban J connectivity index is 2.45. The molecule has 3 rings (SSSR count). The third kappa shape index (κ3) is 1.70. The lowest BCUT2D eigenvalue weighted by atomic mass is 9.98. The summed E-state index contributed by atoms with van der Waals surface area (Å²) in [5, 5.41) is 36.3. The van der Waals surface area contributed by atoms with Crippen LogP contribution in [0.1, 0.15) is 11.1 Å². The molecule has 0 bridgehead atoms. The van der Waals surface area contributed by atoms with Crippen molar-refractivity contribution in [2.24, 2.45) is 0 Å². The van der Waals surface area contributed by atoms with E-state index in [0.717, 1.165) is 11.1 Å². The first-order chi connectivity index (χ1) is 10.7. The zero-order chi connectivity index (χ0) is 15.7. The molecular weight excluding hydrogens is 276 g/mol. The molecule has 0 saturated carbocycles. The van der Waals surface area contributed by atoms with Gasteiger partial charge >= 0.3 is 11.4 Å². The van der Waals surface area contributed by atoms with Gasteiger partial charge in [0.2, 0.25) is 10.8 Å². The number of hydrogen-bond donors (Lipinski definition) is 0. The van der Waals surface area contributed by atoms with E-state index in [2.05, 4.69) is 9.95 Å². The first kappa shape index (κ1) is 13.0. The number of fused-ring (bicyclic) bond motifs is 3. The molecule has 0 fully saturated rings. The number of rotatable bonds is 0.